The highest BCUT2D eigenvalue weighted by atomic mass is 16.5. The fourth-order valence-electron chi connectivity index (χ4n) is 2.51. The SMILES string of the molecule is CCOc1nc(=O)n(Cc2ccc3ccccc3c2)cc1C. The minimum Gasteiger partial charge on any atom is -0.478 e. The smallest absolute Gasteiger partial charge is 0.351 e. The van der Waals surface area contributed by atoms with Gasteiger partial charge in [0.15, 0.2) is 0 Å². The third-order valence-electron chi connectivity index (χ3n) is 3.58. The minimum absolute atomic E-state index is 0.290. The Kier molecular flexibility index (Phi) is 3.92. The molecule has 4 nitrogen and oxygen atoms in total. The number of aryl methyl sites for hydroxylation is 1. The fraction of sp³-hybridized carbons (Fsp3) is 0.222. The van der Waals surface area contributed by atoms with Gasteiger partial charge in [0.25, 0.3) is 0 Å². The molecule has 0 spiro atoms. The van der Waals surface area contributed by atoms with Crippen molar-refractivity contribution in [1.82, 2.24) is 9.55 Å². The van der Waals surface area contributed by atoms with Gasteiger partial charge in [0.05, 0.1) is 13.2 Å². The van der Waals surface area contributed by atoms with E-state index in [2.05, 4.69) is 29.2 Å². The van der Waals surface area contributed by atoms with Crippen molar-refractivity contribution in [1.29, 1.82) is 0 Å². The molecule has 3 aromatic rings. The minimum atomic E-state index is -0.290. The Hall–Kier alpha value is -2.62. The first-order valence-corrected chi connectivity index (χ1v) is 7.36. The number of aromatic nitrogens is 2. The summed E-state index contributed by atoms with van der Waals surface area (Å²) in [6.07, 6.45) is 1.80. The second kappa shape index (κ2) is 6.02. The van der Waals surface area contributed by atoms with Gasteiger partial charge in [-0.2, -0.15) is 4.98 Å². The van der Waals surface area contributed by atoms with Crippen molar-refractivity contribution in [3.8, 4) is 5.88 Å². The van der Waals surface area contributed by atoms with E-state index in [1.807, 2.05) is 32.0 Å². The normalized spacial score (nSPS) is 10.8. The summed E-state index contributed by atoms with van der Waals surface area (Å²) in [5.41, 5.74) is 1.65. The first-order valence-electron chi connectivity index (χ1n) is 7.36. The van der Waals surface area contributed by atoms with Gasteiger partial charge >= 0.3 is 5.69 Å². The Bertz CT molecular complexity index is 868. The van der Waals surface area contributed by atoms with Gasteiger partial charge in [-0.15, -0.1) is 0 Å². The summed E-state index contributed by atoms with van der Waals surface area (Å²) >= 11 is 0. The first-order chi connectivity index (χ1) is 10.7. The number of benzene rings is 2. The second-order valence-electron chi connectivity index (χ2n) is 5.25. The van der Waals surface area contributed by atoms with Crippen molar-refractivity contribution in [3.63, 3.8) is 0 Å². The molecule has 0 atom stereocenters. The Balaban J connectivity index is 1.94. The van der Waals surface area contributed by atoms with E-state index in [-0.39, 0.29) is 5.69 Å². The van der Waals surface area contributed by atoms with Crippen LogP contribution in [0.4, 0.5) is 0 Å². The van der Waals surface area contributed by atoms with Crippen LogP contribution in [0.2, 0.25) is 0 Å². The van der Waals surface area contributed by atoms with Crippen LogP contribution in [0.3, 0.4) is 0 Å². The molecular weight excluding hydrogens is 276 g/mol. The molecule has 0 aliphatic rings. The van der Waals surface area contributed by atoms with Crippen molar-refractivity contribution < 1.29 is 4.74 Å². The highest BCUT2D eigenvalue weighted by molar-refractivity contribution is 5.82. The Labute approximate surface area is 129 Å². The van der Waals surface area contributed by atoms with Crippen LogP contribution in [0.25, 0.3) is 10.8 Å². The Morgan fingerprint density at radius 2 is 1.91 bits per heavy atom. The molecule has 3 rings (SSSR count). The van der Waals surface area contributed by atoms with Gasteiger partial charge in [-0.05, 0) is 36.2 Å². The van der Waals surface area contributed by atoms with E-state index in [1.54, 1.807) is 10.8 Å². The predicted octanol–water partition coefficient (Wildman–Crippen LogP) is 3.15. The van der Waals surface area contributed by atoms with Crippen LogP contribution in [0, 0.1) is 6.92 Å². The molecule has 0 aliphatic heterocycles. The van der Waals surface area contributed by atoms with Gasteiger partial charge < -0.3 is 4.74 Å². The maximum absolute atomic E-state index is 12.1. The number of hydrogen-bond acceptors (Lipinski definition) is 3. The molecule has 0 aliphatic carbocycles. The van der Waals surface area contributed by atoms with Crippen LogP contribution in [-0.4, -0.2) is 16.2 Å². The van der Waals surface area contributed by atoms with Crippen LogP contribution in [0.1, 0.15) is 18.1 Å². The van der Waals surface area contributed by atoms with E-state index in [0.717, 1.165) is 11.1 Å². The summed E-state index contributed by atoms with van der Waals surface area (Å²) in [6.45, 7) is 4.78. The van der Waals surface area contributed by atoms with Crippen molar-refractivity contribution >= 4 is 10.8 Å². The van der Waals surface area contributed by atoms with Gasteiger partial charge in [0, 0.05) is 11.8 Å². The zero-order valence-electron chi connectivity index (χ0n) is 12.7. The molecule has 0 bridgehead atoms. The number of ether oxygens (including phenoxy) is 1. The molecule has 4 heteroatoms. The maximum atomic E-state index is 12.1. The lowest BCUT2D eigenvalue weighted by Crippen LogP contribution is -2.24. The first kappa shape index (κ1) is 14.3. The second-order valence-corrected chi connectivity index (χ2v) is 5.25. The predicted molar refractivity (Wildman–Crippen MR) is 87.5 cm³/mol. The molecular formula is C18H18N2O2. The number of hydrogen-bond donors (Lipinski definition) is 0. The third-order valence-corrected chi connectivity index (χ3v) is 3.58. The van der Waals surface area contributed by atoms with Crippen molar-refractivity contribution in [3.05, 3.63) is 70.3 Å². The van der Waals surface area contributed by atoms with Gasteiger partial charge in [-0.1, -0.05) is 36.4 Å². The summed E-state index contributed by atoms with van der Waals surface area (Å²) < 4.78 is 6.97. The number of rotatable bonds is 4. The van der Waals surface area contributed by atoms with Crippen molar-refractivity contribution in [2.45, 2.75) is 20.4 Å². The van der Waals surface area contributed by atoms with E-state index in [1.165, 1.54) is 10.8 Å². The Morgan fingerprint density at radius 1 is 1.14 bits per heavy atom. The molecule has 1 aromatic heterocycles. The van der Waals surface area contributed by atoms with Gasteiger partial charge in [0.2, 0.25) is 5.88 Å². The molecule has 0 radical (unpaired) electrons. The molecule has 0 saturated carbocycles. The largest absolute Gasteiger partial charge is 0.478 e. The molecule has 22 heavy (non-hydrogen) atoms. The monoisotopic (exact) mass is 294 g/mol. The van der Waals surface area contributed by atoms with Crippen LogP contribution in [0.5, 0.6) is 5.88 Å². The van der Waals surface area contributed by atoms with Crippen LogP contribution < -0.4 is 10.4 Å². The summed E-state index contributed by atoms with van der Waals surface area (Å²) in [7, 11) is 0. The molecule has 0 unspecified atom stereocenters. The topological polar surface area (TPSA) is 44.1 Å². The standard InChI is InChI=1S/C18H18N2O2/c1-3-22-17-13(2)11-20(18(21)19-17)12-14-8-9-15-6-4-5-7-16(15)10-14/h4-11H,3,12H2,1-2H3. The van der Waals surface area contributed by atoms with Crippen LogP contribution in [-0.2, 0) is 6.54 Å². The van der Waals surface area contributed by atoms with Crippen molar-refractivity contribution in [2.75, 3.05) is 6.61 Å². The lowest BCUT2D eigenvalue weighted by molar-refractivity contribution is 0.320. The van der Waals surface area contributed by atoms with Gasteiger partial charge in [-0.3, -0.25) is 4.57 Å². The quantitative estimate of drug-likeness (QED) is 0.742. The average molecular weight is 294 g/mol. The highest BCUT2D eigenvalue weighted by Crippen LogP contribution is 2.17. The van der Waals surface area contributed by atoms with Crippen LogP contribution in [0.15, 0.2) is 53.5 Å². The van der Waals surface area contributed by atoms with Crippen molar-refractivity contribution in [2.24, 2.45) is 0 Å². The molecule has 2 aromatic carbocycles. The van der Waals surface area contributed by atoms with E-state index < -0.39 is 0 Å². The fourth-order valence-corrected chi connectivity index (χ4v) is 2.51. The number of fused-ring (bicyclic) bond motifs is 1. The van der Waals surface area contributed by atoms with E-state index >= 15 is 0 Å². The summed E-state index contributed by atoms with van der Waals surface area (Å²) in [4.78, 5) is 16.1. The third kappa shape index (κ3) is 2.86. The van der Waals surface area contributed by atoms with Gasteiger partial charge in [-0.25, -0.2) is 4.79 Å². The van der Waals surface area contributed by atoms with E-state index in [0.29, 0.717) is 19.0 Å². The molecule has 1 heterocycles. The lowest BCUT2D eigenvalue weighted by atomic mass is 10.1. The summed E-state index contributed by atoms with van der Waals surface area (Å²) in [5, 5.41) is 2.36. The maximum Gasteiger partial charge on any atom is 0.351 e. The Morgan fingerprint density at radius 3 is 2.68 bits per heavy atom. The molecule has 0 amide bonds. The lowest BCUT2D eigenvalue weighted by Gasteiger charge is -2.10. The van der Waals surface area contributed by atoms with E-state index in [4.69, 9.17) is 4.74 Å². The highest BCUT2D eigenvalue weighted by Gasteiger charge is 2.07. The summed E-state index contributed by atoms with van der Waals surface area (Å²) in [6, 6.07) is 14.4. The molecule has 0 N–H and O–H groups in total. The molecule has 0 saturated heterocycles. The number of nitrogens with zero attached hydrogens (tertiary/aromatic N) is 2. The zero-order valence-corrected chi connectivity index (χ0v) is 12.7. The van der Waals surface area contributed by atoms with Gasteiger partial charge in [0.1, 0.15) is 0 Å². The molecule has 0 fully saturated rings. The summed E-state index contributed by atoms with van der Waals surface area (Å²) in [5.74, 6) is 0.419. The zero-order chi connectivity index (χ0) is 15.5. The molecule has 112 valence electrons. The van der Waals surface area contributed by atoms with Crippen LogP contribution >= 0.6 is 0 Å². The average Bonchev–Trinajstić information content (AvgIpc) is 2.52. The van der Waals surface area contributed by atoms with E-state index in [9.17, 15) is 4.79 Å².